The third-order valence-corrected chi connectivity index (χ3v) is 9.43. The van der Waals surface area contributed by atoms with Crippen LogP contribution in [0.5, 0.6) is 0 Å². The number of benzene rings is 2. The molecule has 2 aromatic rings. The Morgan fingerprint density at radius 3 is 1.29 bits per heavy atom. The summed E-state index contributed by atoms with van der Waals surface area (Å²) in [6.07, 6.45) is -2.40. The first-order valence-electron chi connectivity index (χ1n) is 17.8. The Hall–Kier alpha value is -1.16. The van der Waals surface area contributed by atoms with Crippen molar-refractivity contribution in [1.29, 1.82) is 0 Å². The second-order valence-electron chi connectivity index (χ2n) is 15.5. The monoisotopic (exact) mass is 1010 g/mol. The van der Waals surface area contributed by atoms with E-state index in [1.54, 1.807) is 41.5 Å². The second kappa shape index (κ2) is 23.5. The Morgan fingerprint density at radius 1 is 0.729 bits per heavy atom. The fraction of sp³-hybridized carbons (Fsp3) is 0.553. The smallest absolute Gasteiger partial charge is 0.565 e. The third-order valence-electron chi connectivity index (χ3n) is 9.43. The van der Waals surface area contributed by atoms with Gasteiger partial charge in [-0.1, -0.05) is 22.6 Å². The van der Waals surface area contributed by atoms with E-state index < -0.39 is 94.8 Å². The van der Waals surface area contributed by atoms with Crippen molar-refractivity contribution < 1.29 is 180 Å². The molecule has 59 heavy (non-hydrogen) atoms. The van der Waals surface area contributed by atoms with E-state index in [-0.39, 0.29) is 128 Å². The number of fused-ring (bicyclic) bond motifs is 2. The van der Waals surface area contributed by atoms with Crippen LogP contribution in [0.25, 0.3) is 0 Å². The van der Waals surface area contributed by atoms with Crippen molar-refractivity contribution in [2.45, 2.75) is 88.5 Å². The molecule has 0 aromatic heterocycles. The molecule has 6 atom stereocenters. The van der Waals surface area contributed by atoms with Crippen molar-refractivity contribution >= 4 is 52.9 Å². The van der Waals surface area contributed by atoms with E-state index in [1.165, 1.54) is 36.3 Å². The van der Waals surface area contributed by atoms with Crippen LogP contribution in [0, 0.1) is 35.1 Å². The number of halogens is 6. The number of hydrogen-bond donors (Lipinski definition) is 2. The number of carbonyl (C=O) groups is 5. The van der Waals surface area contributed by atoms with Crippen LogP contribution in [0.3, 0.4) is 0 Å². The molecule has 2 saturated carbocycles. The number of carboxylic acids is 1. The van der Waals surface area contributed by atoms with Gasteiger partial charge >= 0.3 is 127 Å². The number of carboxylic acid groups (broad SMARTS) is 3. The number of ether oxygens (including phenoxy) is 3. The van der Waals surface area contributed by atoms with Crippen molar-refractivity contribution in [3.63, 3.8) is 0 Å². The molecule has 2 aliphatic carbocycles. The van der Waals surface area contributed by atoms with Gasteiger partial charge in [0, 0.05) is 47.9 Å². The van der Waals surface area contributed by atoms with Gasteiger partial charge in [0.2, 0.25) is 6.16 Å². The molecule has 21 heteroatoms. The van der Waals surface area contributed by atoms with E-state index in [0.29, 0.717) is 24.0 Å². The molecule has 2 aromatic carbocycles. The summed E-state index contributed by atoms with van der Waals surface area (Å²) in [5.41, 5.74) is -1.99. The molecule has 4 aliphatic rings. The fourth-order valence-corrected chi connectivity index (χ4v) is 7.34. The topological polar surface area (TPSA) is 183 Å². The van der Waals surface area contributed by atoms with Gasteiger partial charge in [-0.3, -0.25) is 14.2 Å². The first kappa shape index (κ1) is 55.9. The van der Waals surface area contributed by atoms with E-state index in [2.05, 4.69) is 22.6 Å². The summed E-state index contributed by atoms with van der Waals surface area (Å²) >= 11 is 2.15. The molecule has 2 amide bonds. The molecule has 6 rings (SSSR count). The maximum absolute atomic E-state index is 13.6. The molecular formula is C38H47F5IK2N2O11+. The SMILES string of the molecule is CC(C)(C)OC(=O)N1CC2(c3cc(F)cc(F)c3)CC2C1C(=O)O.CI.COC(=O)C1C2CC2(c2cc(F)cc(F)c2)CN1C(=O)OC(C)(C)C.O=C([O-])O.[2H]CF.[K+].[K+]. The van der Waals surface area contributed by atoms with Gasteiger partial charge in [0.05, 0.1) is 15.6 Å². The largest absolute Gasteiger partial charge is 1.00 e. The first-order valence-corrected chi connectivity index (χ1v) is 19.3. The number of nitrogens with zero attached hydrogens (tertiary/aromatic N) is 2. The Balaban J connectivity index is 0.000000944. The number of hydrogen-bond acceptors (Lipinski definition) is 9. The number of aliphatic carboxylic acids is 1. The van der Waals surface area contributed by atoms with Crippen LogP contribution in [-0.2, 0) is 34.6 Å². The minimum Gasteiger partial charge on any atom is -0.565 e. The zero-order valence-electron chi connectivity index (χ0n) is 35.5. The number of amides is 2. The van der Waals surface area contributed by atoms with E-state index >= 15 is 0 Å². The number of likely N-dealkylation sites (tertiary alicyclic amines) is 2. The summed E-state index contributed by atoms with van der Waals surface area (Å²) < 4.78 is 85.3. The van der Waals surface area contributed by atoms with Gasteiger partial charge in [-0.25, -0.2) is 36.7 Å². The molecule has 6 unspecified atom stereocenters. The van der Waals surface area contributed by atoms with Crippen molar-refractivity contribution in [3.05, 3.63) is 70.8 Å². The van der Waals surface area contributed by atoms with E-state index in [4.69, 9.17) is 30.6 Å². The van der Waals surface area contributed by atoms with Crippen molar-refractivity contribution in [1.82, 2.24) is 9.80 Å². The van der Waals surface area contributed by atoms with Crippen LogP contribution in [-0.4, -0.2) is 106 Å². The summed E-state index contributed by atoms with van der Waals surface area (Å²) in [6.45, 7) is 10.5. The minimum absolute atomic E-state index is 0. The summed E-state index contributed by atoms with van der Waals surface area (Å²) in [6, 6.07) is 4.65. The number of methoxy groups -OCH3 is 1. The van der Waals surface area contributed by atoms with Gasteiger partial charge in [0.15, 0.2) is 0 Å². The molecular weight excluding hydrogens is 961 g/mol. The predicted octanol–water partition coefficient (Wildman–Crippen LogP) is 0.474. The normalized spacial score (nSPS) is 24.1. The van der Waals surface area contributed by atoms with Gasteiger partial charge < -0.3 is 34.3 Å². The van der Waals surface area contributed by atoms with Gasteiger partial charge in [0.25, 0.3) is 0 Å². The maximum Gasteiger partial charge on any atom is 1.00 e. The predicted molar refractivity (Wildman–Crippen MR) is 200 cm³/mol. The van der Waals surface area contributed by atoms with E-state index in [1.807, 2.05) is 4.93 Å². The standard InChI is InChI=1S/C18H21F2NO4.C17H19F2NO4.CH3F.CH3I.CH2O3.2K/c1-17(2,3)25-16(23)21-9-18(8-13(18)14(21)15(22)24-4)10-5-11(19)7-12(20)6-10;1-16(2,3)24-15(23)20-8-17(7-12(17)13(20)14(21)22)9-4-10(18)6-11(19)5-9;2*1-2;2-1(3)4;;/h5-7,13-14H,8-9H2,1-4H3;4-6,12-13H,7-8H2,1-3H3,(H,21,22);2*1H3;(H2,2,3,4);;/q;;;;;2*+1/p-1/i;;1D;;;;. The molecule has 13 nitrogen and oxygen atoms in total. The minimum atomic E-state index is -2.08. The molecule has 0 bridgehead atoms. The van der Waals surface area contributed by atoms with Crippen molar-refractivity contribution in [3.8, 4) is 0 Å². The summed E-state index contributed by atoms with van der Waals surface area (Å²) in [7, 11) is 0.250. The maximum atomic E-state index is 13.6. The zero-order valence-corrected chi connectivity index (χ0v) is 42.9. The number of piperidine rings is 2. The Bertz CT molecular complexity index is 1800. The second-order valence-corrected chi connectivity index (χ2v) is 15.5. The summed E-state index contributed by atoms with van der Waals surface area (Å²) in [5, 5.41) is 24.8. The average molecular weight is 1010 g/mol. The fourth-order valence-electron chi connectivity index (χ4n) is 7.34. The van der Waals surface area contributed by atoms with Crippen LogP contribution in [0.1, 0.15) is 66.9 Å². The zero-order chi connectivity index (χ0) is 44.7. The van der Waals surface area contributed by atoms with Crippen LogP contribution in [0.4, 0.5) is 36.3 Å². The number of esters is 1. The Labute approximate surface area is 439 Å². The number of carbonyl (C=O) groups excluding carboxylic acids is 3. The molecule has 2 heterocycles. The Kier molecular flexibility index (Phi) is 22.3. The van der Waals surface area contributed by atoms with Crippen LogP contribution >= 0.6 is 22.6 Å². The van der Waals surface area contributed by atoms with Crippen molar-refractivity contribution in [2.24, 2.45) is 11.8 Å². The number of rotatable bonds is 4. The molecule has 4 fully saturated rings. The first-order chi connectivity index (χ1) is 26.7. The average Bonchev–Trinajstić information content (AvgIpc) is 3.92. The third kappa shape index (κ3) is 15.0. The van der Waals surface area contributed by atoms with Crippen LogP contribution < -0.4 is 108 Å². The number of alkyl halides is 2. The summed E-state index contributed by atoms with van der Waals surface area (Å²) in [4.78, 5) is 61.6. The van der Waals surface area contributed by atoms with Crippen LogP contribution in [0.15, 0.2) is 36.4 Å². The quantitative estimate of drug-likeness (QED) is 0.109. The van der Waals surface area contributed by atoms with Gasteiger partial charge in [-0.15, -0.1) is 0 Å². The molecule has 2 aliphatic heterocycles. The molecule has 2 N–H and O–H groups in total. The van der Waals surface area contributed by atoms with Gasteiger partial charge in [-0.2, -0.15) is 0 Å². The van der Waals surface area contributed by atoms with E-state index in [0.717, 1.165) is 17.0 Å². The molecule has 0 spiro atoms. The molecule has 2 saturated heterocycles. The summed E-state index contributed by atoms with van der Waals surface area (Å²) in [5.74, 6) is -5.09. The van der Waals surface area contributed by atoms with Gasteiger partial charge in [0.1, 0.15) is 46.6 Å². The Morgan fingerprint density at radius 2 is 1.02 bits per heavy atom. The van der Waals surface area contributed by atoms with Crippen LogP contribution in [0.2, 0.25) is 0 Å². The molecule has 318 valence electrons. The molecule has 0 radical (unpaired) electrons. The van der Waals surface area contributed by atoms with Crippen molar-refractivity contribution in [2.75, 3.05) is 32.3 Å². The van der Waals surface area contributed by atoms with E-state index in [9.17, 15) is 46.2 Å². The van der Waals surface area contributed by atoms with Gasteiger partial charge in [-0.05, 0) is 94.7 Å².